The number of rotatable bonds is 4. The van der Waals surface area contributed by atoms with E-state index in [1.54, 1.807) is 4.68 Å². The van der Waals surface area contributed by atoms with Crippen molar-refractivity contribution in [2.75, 3.05) is 18.0 Å². The molecule has 1 aliphatic heterocycles. The van der Waals surface area contributed by atoms with E-state index in [1.165, 1.54) is 12.8 Å². The van der Waals surface area contributed by atoms with Crippen LogP contribution in [0, 0.1) is 6.92 Å². The zero-order valence-corrected chi connectivity index (χ0v) is 18.8. The van der Waals surface area contributed by atoms with Gasteiger partial charge in [-0.2, -0.15) is 5.10 Å². The van der Waals surface area contributed by atoms with Gasteiger partial charge in [-0.3, -0.25) is 4.68 Å². The lowest BCUT2D eigenvalue weighted by molar-refractivity contribution is 0.455. The SMILES string of the molecule is Cc1c(O)c(-c2ccc3nc(N4CCC(NC5(C)CC5)C4)ccc3n2)cc2cn(C)nc12. The predicted molar refractivity (Wildman–Crippen MR) is 127 cm³/mol. The van der Waals surface area contributed by atoms with E-state index in [0.29, 0.717) is 11.6 Å². The van der Waals surface area contributed by atoms with Gasteiger partial charge in [-0.25, -0.2) is 9.97 Å². The van der Waals surface area contributed by atoms with Gasteiger partial charge in [-0.1, -0.05) is 0 Å². The fourth-order valence-electron chi connectivity index (χ4n) is 4.87. The number of anilines is 1. The first-order valence-electron chi connectivity index (χ1n) is 11.4. The maximum atomic E-state index is 10.8. The first kappa shape index (κ1) is 19.5. The standard InChI is InChI=1S/C25H28N6O/c1-15-23-16(13-30(3)29-23)12-18(24(15)32)19-4-5-21-20(26-19)6-7-22(27-21)31-11-8-17(14-31)28-25(2)9-10-25/h4-7,12-13,17,28,32H,8-11,14H2,1-3H3. The van der Waals surface area contributed by atoms with Crippen LogP contribution in [0.4, 0.5) is 5.82 Å². The lowest BCUT2D eigenvalue weighted by atomic mass is 10.0. The van der Waals surface area contributed by atoms with E-state index in [-0.39, 0.29) is 5.75 Å². The zero-order chi connectivity index (χ0) is 22.0. The zero-order valence-electron chi connectivity index (χ0n) is 18.8. The van der Waals surface area contributed by atoms with Crippen LogP contribution in [0.25, 0.3) is 33.2 Å². The van der Waals surface area contributed by atoms with Crippen LogP contribution in [0.3, 0.4) is 0 Å². The number of nitrogens with one attached hydrogen (secondary N) is 1. The van der Waals surface area contributed by atoms with Crippen LogP contribution < -0.4 is 10.2 Å². The number of phenolic OH excluding ortho intramolecular Hbond substituents is 1. The Kier molecular flexibility index (Phi) is 4.21. The summed E-state index contributed by atoms with van der Waals surface area (Å²) in [5.74, 6) is 1.24. The van der Waals surface area contributed by atoms with E-state index in [4.69, 9.17) is 9.97 Å². The lowest BCUT2D eigenvalue weighted by Gasteiger charge is -2.20. The highest BCUT2D eigenvalue weighted by molar-refractivity contribution is 5.91. The van der Waals surface area contributed by atoms with Crippen LogP contribution in [0.1, 0.15) is 31.7 Å². The maximum absolute atomic E-state index is 10.8. The van der Waals surface area contributed by atoms with E-state index >= 15 is 0 Å². The summed E-state index contributed by atoms with van der Waals surface area (Å²) in [5.41, 5.74) is 5.10. The summed E-state index contributed by atoms with van der Waals surface area (Å²) in [5, 5.41) is 20.1. The molecule has 2 aliphatic rings. The molecule has 1 saturated carbocycles. The minimum absolute atomic E-state index is 0.229. The molecule has 7 heteroatoms. The van der Waals surface area contributed by atoms with Crippen molar-refractivity contribution in [2.24, 2.45) is 7.05 Å². The second kappa shape index (κ2) is 6.90. The topological polar surface area (TPSA) is 79.1 Å². The summed E-state index contributed by atoms with van der Waals surface area (Å²) in [6, 6.07) is 10.5. The fraction of sp³-hybridized carbons (Fsp3) is 0.400. The Morgan fingerprint density at radius 1 is 1.12 bits per heavy atom. The number of aryl methyl sites for hydroxylation is 2. The average Bonchev–Trinajstić information content (AvgIpc) is 3.16. The monoisotopic (exact) mass is 428 g/mol. The third-order valence-electron chi connectivity index (χ3n) is 6.99. The molecule has 0 amide bonds. The van der Waals surface area contributed by atoms with Crippen LogP contribution in [0.5, 0.6) is 5.75 Å². The van der Waals surface area contributed by atoms with E-state index in [9.17, 15) is 5.11 Å². The lowest BCUT2D eigenvalue weighted by Crippen LogP contribution is -2.40. The summed E-state index contributed by atoms with van der Waals surface area (Å²) < 4.78 is 1.77. The Morgan fingerprint density at radius 3 is 2.72 bits per heavy atom. The van der Waals surface area contributed by atoms with Gasteiger partial charge in [0.25, 0.3) is 0 Å². The molecule has 1 aromatic carbocycles. The van der Waals surface area contributed by atoms with Gasteiger partial charge in [0, 0.05) is 54.4 Å². The third-order valence-corrected chi connectivity index (χ3v) is 6.99. The molecule has 0 radical (unpaired) electrons. The first-order chi connectivity index (χ1) is 15.4. The Morgan fingerprint density at radius 2 is 1.91 bits per heavy atom. The molecule has 3 aromatic heterocycles. The van der Waals surface area contributed by atoms with E-state index < -0.39 is 0 Å². The first-order valence-corrected chi connectivity index (χ1v) is 11.4. The van der Waals surface area contributed by atoms with Gasteiger partial charge in [0.15, 0.2) is 0 Å². The normalized spacial score (nSPS) is 19.8. The van der Waals surface area contributed by atoms with Crippen LogP contribution in [-0.4, -0.2) is 49.5 Å². The Balaban J connectivity index is 1.30. The van der Waals surface area contributed by atoms with Crippen molar-refractivity contribution in [3.05, 3.63) is 42.1 Å². The van der Waals surface area contributed by atoms with Gasteiger partial charge in [0.05, 0.1) is 22.2 Å². The number of hydrogen-bond donors (Lipinski definition) is 2. The molecule has 2 fully saturated rings. The van der Waals surface area contributed by atoms with Crippen LogP contribution in [0.15, 0.2) is 36.5 Å². The number of aromatic hydroxyl groups is 1. The van der Waals surface area contributed by atoms with Gasteiger partial charge in [0.2, 0.25) is 0 Å². The van der Waals surface area contributed by atoms with Crippen LogP contribution in [-0.2, 0) is 7.05 Å². The number of hydrogen-bond acceptors (Lipinski definition) is 6. The van der Waals surface area contributed by atoms with Crippen molar-refractivity contribution < 1.29 is 5.11 Å². The number of nitrogens with zero attached hydrogens (tertiary/aromatic N) is 5. The number of aromatic nitrogens is 4. The molecule has 1 unspecified atom stereocenters. The van der Waals surface area contributed by atoms with Gasteiger partial charge in [0.1, 0.15) is 11.6 Å². The van der Waals surface area contributed by atoms with E-state index in [2.05, 4.69) is 28.3 Å². The highest BCUT2D eigenvalue weighted by Gasteiger charge is 2.40. The second-order valence-corrected chi connectivity index (χ2v) is 9.68. The quantitative estimate of drug-likeness (QED) is 0.513. The van der Waals surface area contributed by atoms with Crippen molar-refractivity contribution in [1.82, 2.24) is 25.1 Å². The second-order valence-electron chi connectivity index (χ2n) is 9.68. The smallest absolute Gasteiger partial charge is 0.130 e. The van der Waals surface area contributed by atoms with Crippen LogP contribution >= 0.6 is 0 Å². The molecule has 32 heavy (non-hydrogen) atoms. The minimum atomic E-state index is 0.229. The molecular formula is C25H28N6O. The highest BCUT2D eigenvalue weighted by atomic mass is 16.3. The van der Waals surface area contributed by atoms with Gasteiger partial charge in [-0.05, 0) is 63.4 Å². The summed E-state index contributed by atoms with van der Waals surface area (Å²) in [6.07, 6.45) is 5.69. The molecule has 6 rings (SSSR count). The largest absolute Gasteiger partial charge is 0.507 e. The Labute approximate surface area is 187 Å². The summed E-state index contributed by atoms with van der Waals surface area (Å²) in [7, 11) is 1.89. The molecule has 4 heterocycles. The third kappa shape index (κ3) is 3.28. The van der Waals surface area contributed by atoms with E-state index in [0.717, 1.165) is 64.1 Å². The fourth-order valence-corrected chi connectivity index (χ4v) is 4.87. The maximum Gasteiger partial charge on any atom is 0.130 e. The van der Waals surface area contributed by atoms with Gasteiger partial charge in [-0.15, -0.1) is 0 Å². The number of benzene rings is 1. The summed E-state index contributed by atoms with van der Waals surface area (Å²) in [4.78, 5) is 12.1. The van der Waals surface area contributed by atoms with Crippen molar-refractivity contribution >= 4 is 27.8 Å². The Bertz CT molecular complexity index is 1360. The van der Waals surface area contributed by atoms with Gasteiger partial charge < -0.3 is 15.3 Å². The summed E-state index contributed by atoms with van der Waals surface area (Å²) >= 11 is 0. The van der Waals surface area contributed by atoms with Crippen molar-refractivity contribution in [3.8, 4) is 17.0 Å². The molecule has 4 aromatic rings. The number of pyridine rings is 2. The van der Waals surface area contributed by atoms with E-state index in [1.807, 2.05) is 44.4 Å². The van der Waals surface area contributed by atoms with Crippen LogP contribution in [0.2, 0.25) is 0 Å². The molecule has 2 N–H and O–H groups in total. The molecule has 0 bridgehead atoms. The highest BCUT2D eigenvalue weighted by Crippen LogP contribution is 2.37. The average molecular weight is 429 g/mol. The molecule has 7 nitrogen and oxygen atoms in total. The van der Waals surface area contributed by atoms with Gasteiger partial charge >= 0.3 is 0 Å². The van der Waals surface area contributed by atoms with Crippen molar-refractivity contribution in [1.29, 1.82) is 0 Å². The molecule has 1 saturated heterocycles. The van der Waals surface area contributed by atoms with Crippen molar-refractivity contribution in [2.45, 2.75) is 44.7 Å². The summed E-state index contributed by atoms with van der Waals surface area (Å²) in [6.45, 7) is 6.23. The number of phenols is 1. The molecular weight excluding hydrogens is 400 g/mol. The molecule has 1 atom stereocenters. The predicted octanol–water partition coefficient (Wildman–Crippen LogP) is 3.92. The minimum Gasteiger partial charge on any atom is -0.507 e. The molecule has 1 aliphatic carbocycles. The van der Waals surface area contributed by atoms with Crippen molar-refractivity contribution in [3.63, 3.8) is 0 Å². The molecule has 164 valence electrons. The number of fused-ring (bicyclic) bond motifs is 2. The Hall–Kier alpha value is -3.19. The molecule has 0 spiro atoms.